The van der Waals surface area contributed by atoms with Gasteiger partial charge in [0.05, 0.1) is 11.1 Å². The lowest BCUT2D eigenvalue weighted by atomic mass is 9.84. The summed E-state index contributed by atoms with van der Waals surface area (Å²) >= 11 is 1.76. The standard InChI is InChI=1S/C30H41BN4O2S/c1-19-14-20(2)16-21(15-19)27-25(18-33-10-12-34(13-11-33)31(5)37)24-17-26(38-28(24)32-27)30(3,4)29(36)35-22-6-7-23(35)9-8-22/h14-17,22-23,32,37H,6-13,18H2,1-5H3. The molecule has 3 saturated heterocycles. The maximum absolute atomic E-state index is 13.9. The summed E-state index contributed by atoms with van der Waals surface area (Å²) in [5.74, 6) is 0.303. The number of hydrogen-bond donors (Lipinski definition) is 2. The lowest BCUT2D eigenvalue weighted by Crippen LogP contribution is -2.51. The normalized spacial score (nSPS) is 22.6. The Morgan fingerprint density at radius 3 is 2.21 bits per heavy atom. The van der Waals surface area contributed by atoms with Gasteiger partial charge in [-0.25, -0.2) is 0 Å². The van der Waals surface area contributed by atoms with Crippen molar-refractivity contribution < 1.29 is 9.82 Å². The molecule has 0 unspecified atom stereocenters. The topological polar surface area (TPSA) is 62.8 Å². The summed E-state index contributed by atoms with van der Waals surface area (Å²) in [4.78, 5) is 26.9. The number of nitrogens with one attached hydrogen (secondary N) is 1. The second-order valence-corrected chi connectivity index (χ2v) is 13.5. The van der Waals surface area contributed by atoms with Gasteiger partial charge in [0.2, 0.25) is 5.91 Å². The molecule has 2 aromatic heterocycles. The summed E-state index contributed by atoms with van der Waals surface area (Å²) in [6.07, 6.45) is 4.68. The molecule has 38 heavy (non-hydrogen) atoms. The number of rotatable bonds is 6. The second-order valence-electron chi connectivity index (χ2n) is 12.5. The van der Waals surface area contributed by atoms with E-state index in [0.717, 1.165) is 42.4 Å². The van der Waals surface area contributed by atoms with E-state index in [9.17, 15) is 9.82 Å². The smallest absolute Gasteiger partial charge is 0.376 e. The van der Waals surface area contributed by atoms with Crippen molar-refractivity contribution in [2.75, 3.05) is 26.2 Å². The van der Waals surface area contributed by atoms with Crippen molar-refractivity contribution in [3.8, 4) is 11.3 Å². The van der Waals surface area contributed by atoms with Crippen LogP contribution in [0.4, 0.5) is 0 Å². The van der Waals surface area contributed by atoms with E-state index in [1.807, 2.05) is 6.82 Å². The third-order valence-corrected chi connectivity index (χ3v) is 10.6. The van der Waals surface area contributed by atoms with Gasteiger partial charge in [-0.15, -0.1) is 11.3 Å². The van der Waals surface area contributed by atoms with Crippen LogP contribution in [0.2, 0.25) is 6.82 Å². The maximum Gasteiger partial charge on any atom is 0.376 e. The van der Waals surface area contributed by atoms with Gasteiger partial charge in [-0.3, -0.25) is 9.69 Å². The van der Waals surface area contributed by atoms with Crippen molar-refractivity contribution in [1.29, 1.82) is 0 Å². The summed E-state index contributed by atoms with van der Waals surface area (Å²) in [5, 5.41) is 11.3. The molecule has 0 spiro atoms. The van der Waals surface area contributed by atoms with Gasteiger partial charge in [-0.05, 0) is 84.0 Å². The number of benzene rings is 1. The molecule has 5 heterocycles. The van der Waals surface area contributed by atoms with Gasteiger partial charge < -0.3 is 19.7 Å². The third-order valence-electron chi connectivity index (χ3n) is 9.26. The summed E-state index contributed by atoms with van der Waals surface area (Å²) in [6, 6.07) is 9.97. The SMILES string of the molecule is CB(O)N1CCN(Cc2c(-c3cc(C)cc(C)c3)[nH]c3sc(C(C)(C)C(=O)N4C5CCC4CC5)cc23)CC1. The highest BCUT2D eigenvalue weighted by molar-refractivity contribution is 7.19. The fourth-order valence-corrected chi connectivity index (χ4v) is 8.24. The highest BCUT2D eigenvalue weighted by Gasteiger charge is 2.47. The van der Waals surface area contributed by atoms with Gasteiger partial charge >= 0.3 is 7.05 Å². The van der Waals surface area contributed by atoms with E-state index in [1.165, 1.54) is 59.0 Å². The molecule has 8 heteroatoms. The minimum Gasteiger partial charge on any atom is -0.437 e. The monoisotopic (exact) mass is 532 g/mol. The Morgan fingerprint density at radius 2 is 1.63 bits per heavy atom. The highest BCUT2D eigenvalue weighted by atomic mass is 32.1. The van der Waals surface area contributed by atoms with Crippen molar-refractivity contribution in [2.24, 2.45) is 0 Å². The predicted molar refractivity (Wildman–Crippen MR) is 158 cm³/mol. The first-order chi connectivity index (χ1) is 18.1. The fourth-order valence-electron chi connectivity index (χ4n) is 7.06. The first-order valence-electron chi connectivity index (χ1n) is 14.3. The number of carbonyl (C=O) groups is 1. The molecule has 3 aromatic rings. The number of fused-ring (bicyclic) bond motifs is 3. The molecule has 2 N–H and O–H groups in total. The van der Waals surface area contributed by atoms with Crippen molar-refractivity contribution in [3.05, 3.63) is 45.8 Å². The minimum absolute atomic E-state index is 0.303. The number of hydrogen-bond acceptors (Lipinski definition) is 5. The molecule has 0 radical (unpaired) electrons. The number of aromatic amines is 1. The first kappa shape index (κ1) is 26.1. The molecular weight excluding hydrogens is 491 g/mol. The number of aromatic nitrogens is 1. The van der Waals surface area contributed by atoms with Crippen LogP contribution in [0, 0.1) is 13.8 Å². The van der Waals surface area contributed by atoms with Gasteiger partial charge in [0.1, 0.15) is 4.83 Å². The zero-order chi connectivity index (χ0) is 26.8. The third kappa shape index (κ3) is 4.53. The first-order valence-corrected chi connectivity index (χ1v) is 15.1. The van der Waals surface area contributed by atoms with E-state index >= 15 is 0 Å². The molecule has 6 rings (SSSR count). The van der Waals surface area contributed by atoms with Crippen LogP contribution < -0.4 is 0 Å². The number of thiophene rings is 1. The molecule has 2 bridgehead atoms. The van der Waals surface area contributed by atoms with Gasteiger partial charge in [-0.2, -0.15) is 0 Å². The molecule has 1 aromatic carbocycles. The number of piperazine rings is 1. The van der Waals surface area contributed by atoms with Crippen LogP contribution in [0.5, 0.6) is 0 Å². The fraction of sp³-hybridized carbons (Fsp3) is 0.567. The Hall–Kier alpha value is -2.13. The number of nitrogens with zero attached hydrogens (tertiary/aromatic N) is 3. The van der Waals surface area contributed by atoms with Gasteiger partial charge in [0.15, 0.2) is 0 Å². The number of carbonyl (C=O) groups excluding carboxylic acids is 1. The average molecular weight is 533 g/mol. The molecular formula is C30H41BN4O2S. The summed E-state index contributed by atoms with van der Waals surface area (Å²) in [6.45, 7) is 14.9. The molecule has 6 nitrogen and oxygen atoms in total. The minimum atomic E-state index is -0.532. The van der Waals surface area contributed by atoms with E-state index in [0.29, 0.717) is 18.0 Å². The summed E-state index contributed by atoms with van der Waals surface area (Å²) < 4.78 is 0. The number of H-pyrrole nitrogens is 1. The average Bonchev–Trinajstić information content (AvgIpc) is 3.64. The van der Waals surface area contributed by atoms with Gasteiger partial charge in [0, 0.05) is 60.6 Å². The van der Waals surface area contributed by atoms with Crippen molar-refractivity contribution in [3.63, 3.8) is 0 Å². The number of amides is 1. The maximum atomic E-state index is 13.9. The van der Waals surface area contributed by atoms with Crippen LogP contribution in [-0.4, -0.2) is 75.8 Å². The van der Waals surface area contributed by atoms with Gasteiger partial charge in [0.25, 0.3) is 0 Å². The lowest BCUT2D eigenvalue weighted by Gasteiger charge is -2.35. The van der Waals surface area contributed by atoms with Crippen LogP contribution in [0.15, 0.2) is 24.3 Å². The van der Waals surface area contributed by atoms with Crippen molar-refractivity contribution in [2.45, 2.75) is 84.2 Å². The van der Waals surface area contributed by atoms with E-state index in [4.69, 9.17) is 0 Å². The quantitative estimate of drug-likeness (QED) is 0.430. The summed E-state index contributed by atoms with van der Waals surface area (Å²) in [7, 11) is -0.396. The Bertz CT molecular complexity index is 1310. The Kier molecular flexibility index (Phi) is 6.74. The zero-order valence-electron chi connectivity index (χ0n) is 23.5. The largest absolute Gasteiger partial charge is 0.437 e. The van der Waals surface area contributed by atoms with E-state index in [2.05, 4.69) is 71.6 Å². The van der Waals surface area contributed by atoms with E-state index in [-0.39, 0.29) is 0 Å². The van der Waals surface area contributed by atoms with Crippen LogP contribution in [0.25, 0.3) is 21.5 Å². The molecule has 3 fully saturated rings. The van der Waals surface area contributed by atoms with Crippen molar-refractivity contribution in [1.82, 2.24) is 19.6 Å². The summed E-state index contributed by atoms with van der Waals surface area (Å²) in [5.41, 5.74) is 5.75. The van der Waals surface area contributed by atoms with Crippen LogP contribution in [-0.2, 0) is 16.8 Å². The lowest BCUT2D eigenvalue weighted by molar-refractivity contribution is -0.137. The van der Waals surface area contributed by atoms with E-state index < -0.39 is 12.5 Å². The van der Waals surface area contributed by atoms with Crippen LogP contribution >= 0.6 is 11.3 Å². The van der Waals surface area contributed by atoms with E-state index in [1.54, 1.807) is 11.3 Å². The molecule has 1 amide bonds. The molecule has 0 atom stereocenters. The zero-order valence-corrected chi connectivity index (χ0v) is 24.3. The van der Waals surface area contributed by atoms with Gasteiger partial charge in [-0.1, -0.05) is 17.2 Å². The molecule has 0 saturated carbocycles. The highest BCUT2D eigenvalue weighted by Crippen LogP contribution is 2.44. The molecule has 3 aliphatic rings. The van der Waals surface area contributed by atoms with Crippen molar-refractivity contribution >= 4 is 34.5 Å². The molecule has 3 aliphatic heterocycles. The second kappa shape index (κ2) is 9.81. The number of aryl methyl sites for hydroxylation is 2. The molecule has 202 valence electrons. The Balaban J connectivity index is 1.36. The predicted octanol–water partition coefficient (Wildman–Crippen LogP) is 5.17. The Morgan fingerprint density at radius 1 is 1.03 bits per heavy atom. The van der Waals surface area contributed by atoms with Crippen LogP contribution in [0.3, 0.4) is 0 Å². The Labute approximate surface area is 231 Å². The molecule has 0 aliphatic carbocycles. The van der Waals surface area contributed by atoms with Crippen LogP contribution in [0.1, 0.15) is 61.1 Å².